The maximum atomic E-state index is 12.3. The van der Waals surface area contributed by atoms with Gasteiger partial charge in [-0.25, -0.2) is 14.6 Å². The zero-order valence-corrected chi connectivity index (χ0v) is 16.8. The number of hydrogen-bond donors (Lipinski definition) is 0. The smallest absolute Gasteiger partial charge is 0.363 e. The van der Waals surface area contributed by atoms with E-state index in [9.17, 15) is 19.7 Å². The predicted molar refractivity (Wildman–Crippen MR) is 116 cm³/mol. The summed E-state index contributed by atoms with van der Waals surface area (Å²) in [5.74, 6) is -0.649. The molecule has 8 heteroatoms. The Kier molecular flexibility index (Phi) is 5.59. The second-order valence-corrected chi connectivity index (χ2v) is 6.91. The van der Waals surface area contributed by atoms with E-state index in [0.717, 1.165) is 5.56 Å². The van der Waals surface area contributed by atoms with Crippen LogP contribution in [0.2, 0.25) is 0 Å². The van der Waals surface area contributed by atoms with E-state index in [0.29, 0.717) is 22.4 Å². The molecule has 0 fully saturated rings. The third-order valence-electron chi connectivity index (χ3n) is 4.70. The zero-order valence-electron chi connectivity index (χ0n) is 16.8. The molecule has 1 aliphatic heterocycles. The zero-order chi connectivity index (χ0) is 22.7. The first-order valence-electron chi connectivity index (χ1n) is 9.56. The number of nitro groups is 1. The normalized spacial score (nSPS) is 14.1. The molecule has 0 saturated heterocycles. The van der Waals surface area contributed by atoms with E-state index in [4.69, 9.17) is 9.47 Å². The van der Waals surface area contributed by atoms with Gasteiger partial charge in [0, 0.05) is 17.7 Å². The Bertz CT molecular complexity index is 1270. The lowest BCUT2D eigenvalue weighted by molar-refractivity contribution is -0.384. The summed E-state index contributed by atoms with van der Waals surface area (Å²) in [6.45, 7) is 1.83. The number of esters is 2. The molecule has 0 N–H and O–H groups in total. The van der Waals surface area contributed by atoms with E-state index < -0.39 is 16.9 Å². The molecule has 8 nitrogen and oxygen atoms in total. The summed E-state index contributed by atoms with van der Waals surface area (Å²) in [5, 5.41) is 10.8. The fourth-order valence-electron chi connectivity index (χ4n) is 3.01. The van der Waals surface area contributed by atoms with Gasteiger partial charge in [-0.05, 0) is 54.5 Å². The molecule has 0 amide bonds. The Morgan fingerprint density at radius 1 is 1.03 bits per heavy atom. The third-order valence-corrected chi connectivity index (χ3v) is 4.70. The molecule has 0 saturated carbocycles. The number of nitro benzene ring substituents is 1. The summed E-state index contributed by atoms with van der Waals surface area (Å²) in [6, 6.07) is 19.3. The van der Waals surface area contributed by atoms with E-state index in [1.807, 2.05) is 19.1 Å². The fraction of sp³-hybridized carbons (Fsp3) is 0.0417. The van der Waals surface area contributed by atoms with Crippen LogP contribution >= 0.6 is 0 Å². The van der Waals surface area contributed by atoms with Crippen LogP contribution in [0, 0.1) is 17.0 Å². The van der Waals surface area contributed by atoms with Crippen molar-refractivity contribution in [3.8, 4) is 5.75 Å². The standard InChI is InChI=1S/C24H16N2O6/c1-15-4-2-3-5-20(15)23(27)31-19-12-6-16(7-13-19)14-21-24(28)32-22(25-21)17-8-10-18(11-9-17)26(29)30/h2-14H,1H3/b21-14-. The van der Waals surface area contributed by atoms with Gasteiger partial charge in [0.15, 0.2) is 5.70 Å². The number of cyclic esters (lactones) is 1. The lowest BCUT2D eigenvalue weighted by Gasteiger charge is -2.06. The van der Waals surface area contributed by atoms with Crippen molar-refractivity contribution in [3.63, 3.8) is 0 Å². The summed E-state index contributed by atoms with van der Waals surface area (Å²) in [5.41, 5.74) is 2.42. The van der Waals surface area contributed by atoms with Crippen molar-refractivity contribution in [1.29, 1.82) is 0 Å². The highest BCUT2D eigenvalue weighted by molar-refractivity contribution is 6.12. The van der Waals surface area contributed by atoms with E-state index >= 15 is 0 Å². The van der Waals surface area contributed by atoms with Gasteiger partial charge in [-0.15, -0.1) is 0 Å². The van der Waals surface area contributed by atoms with E-state index in [2.05, 4.69) is 4.99 Å². The number of hydrogen-bond acceptors (Lipinski definition) is 7. The summed E-state index contributed by atoms with van der Waals surface area (Å²) in [7, 11) is 0. The van der Waals surface area contributed by atoms with Crippen LogP contribution in [-0.4, -0.2) is 22.8 Å². The maximum Gasteiger partial charge on any atom is 0.363 e. The number of aryl methyl sites for hydroxylation is 1. The lowest BCUT2D eigenvalue weighted by atomic mass is 10.1. The van der Waals surface area contributed by atoms with Crippen LogP contribution < -0.4 is 4.74 Å². The third kappa shape index (κ3) is 4.44. The van der Waals surface area contributed by atoms with Gasteiger partial charge in [-0.3, -0.25) is 10.1 Å². The first-order valence-corrected chi connectivity index (χ1v) is 9.56. The highest BCUT2D eigenvalue weighted by Crippen LogP contribution is 2.22. The minimum Gasteiger partial charge on any atom is -0.423 e. The Morgan fingerprint density at radius 3 is 2.38 bits per heavy atom. The van der Waals surface area contributed by atoms with Crippen molar-refractivity contribution < 1.29 is 24.0 Å². The average molecular weight is 428 g/mol. The Morgan fingerprint density at radius 2 is 1.72 bits per heavy atom. The van der Waals surface area contributed by atoms with Crippen LogP contribution in [-0.2, 0) is 9.53 Å². The molecule has 3 aromatic carbocycles. The Balaban J connectivity index is 1.49. The Labute approximate surface area is 182 Å². The maximum absolute atomic E-state index is 12.3. The van der Waals surface area contributed by atoms with Crippen LogP contribution in [0.1, 0.15) is 27.0 Å². The van der Waals surface area contributed by atoms with E-state index in [1.54, 1.807) is 36.4 Å². The number of ether oxygens (including phenoxy) is 2. The predicted octanol–water partition coefficient (Wildman–Crippen LogP) is 4.47. The second-order valence-electron chi connectivity index (χ2n) is 6.91. The van der Waals surface area contributed by atoms with Crippen LogP contribution in [0.5, 0.6) is 5.75 Å². The summed E-state index contributed by atoms with van der Waals surface area (Å²) in [6.07, 6.45) is 1.54. The number of non-ortho nitro benzene ring substituents is 1. The first kappa shape index (κ1) is 20.7. The van der Waals surface area contributed by atoms with Crippen LogP contribution in [0.3, 0.4) is 0 Å². The quantitative estimate of drug-likeness (QED) is 0.195. The van der Waals surface area contributed by atoms with E-state index in [-0.39, 0.29) is 17.3 Å². The minimum absolute atomic E-state index is 0.0694. The number of aliphatic imine (C=N–C) groups is 1. The van der Waals surface area contributed by atoms with Crippen LogP contribution in [0.4, 0.5) is 5.69 Å². The first-order chi connectivity index (χ1) is 15.4. The number of carbonyl (C=O) groups excluding carboxylic acids is 2. The second kappa shape index (κ2) is 8.65. The minimum atomic E-state index is -0.631. The molecule has 3 aromatic rings. The van der Waals surface area contributed by atoms with Gasteiger partial charge < -0.3 is 9.47 Å². The Hall–Kier alpha value is -4.59. The molecule has 0 spiro atoms. The van der Waals surface area contributed by atoms with Crippen LogP contribution in [0.25, 0.3) is 6.08 Å². The van der Waals surface area contributed by atoms with Gasteiger partial charge in [0.25, 0.3) is 5.69 Å². The van der Waals surface area contributed by atoms with Crippen molar-refractivity contribution in [3.05, 3.63) is 111 Å². The van der Waals surface area contributed by atoms with E-state index in [1.165, 1.54) is 30.3 Å². The molecule has 1 heterocycles. The van der Waals surface area contributed by atoms with Gasteiger partial charge >= 0.3 is 11.9 Å². The molecule has 0 aliphatic carbocycles. The number of benzene rings is 3. The molecular weight excluding hydrogens is 412 g/mol. The molecule has 32 heavy (non-hydrogen) atoms. The molecule has 4 rings (SSSR count). The van der Waals surface area contributed by atoms with Crippen molar-refractivity contribution in [2.45, 2.75) is 6.92 Å². The lowest BCUT2D eigenvalue weighted by Crippen LogP contribution is -2.09. The fourth-order valence-corrected chi connectivity index (χ4v) is 3.01. The van der Waals surface area contributed by atoms with Crippen molar-refractivity contribution in [1.82, 2.24) is 0 Å². The highest BCUT2D eigenvalue weighted by Gasteiger charge is 2.24. The molecule has 0 unspecified atom stereocenters. The molecule has 158 valence electrons. The monoisotopic (exact) mass is 428 g/mol. The molecule has 0 radical (unpaired) electrons. The summed E-state index contributed by atoms with van der Waals surface area (Å²) in [4.78, 5) is 38.9. The topological polar surface area (TPSA) is 108 Å². The number of nitrogens with zero attached hydrogens (tertiary/aromatic N) is 2. The van der Waals surface area contributed by atoms with Crippen molar-refractivity contribution >= 4 is 29.6 Å². The largest absolute Gasteiger partial charge is 0.423 e. The highest BCUT2D eigenvalue weighted by atomic mass is 16.6. The summed E-state index contributed by atoms with van der Waals surface area (Å²) >= 11 is 0. The van der Waals surface area contributed by atoms with Gasteiger partial charge in [-0.2, -0.15) is 0 Å². The number of carbonyl (C=O) groups is 2. The summed E-state index contributed by atoms with van der Waals surface area (Å²) < 4.78 is 10.6. The van der Waals surface area contributed by atoms with Gasteiger partial charge in [0.2, 0.25) is 5.90 Å². The SMILES string of the molecule is Cc1ccccc1C(=O)Oc1ccc(/C=C2\N=C(c3ccc([N+](=O)[O-])cc3)OC2=O)cc1. The van der Waals surface area contributed by atoms with Gasteiger partial charge in [0.1, 0.15) is 5.75 Å². The average Bonchev–Trinajstić information content (AvgIpc) is 3.15. The van der Waals surface area contributed by atoms with Gasteiger partial charge in [0.05, 0.1) is 10.5 Å². The molecular formula is C24H16N2O6. The molecule has 0 bridgehead atoms. The number of rotatable bonds is 5. The molecule has 1 aliphatic rings. The van der Waals surface area contributed by atoms with Crippen LogP contribution in [0.15, 0.2) is 83.5 Å². The molecule has 0 atom stereocenters. The molecule has 0 aromatic heterocycles. The van der Waals surface area contributed by atoms with Crippen molar-refractivity contribution in [2.75, 3.05) is 0 Å². The van der Waals surface area contributed by atoms with Gasteiger partial charge in [-0.1, -0.05) is 30.3 Å². The van der Waals surface area contributed by atoms with Crippen molar-refractivity contribution in [2.24, 2.45) is 4.99 Å².